The first-order valence-corrected chi connectivity index (χ1v) is 12.5. The number of anilines is 1. The number of methoxy groups -OCH3 is 2. The number of aryl methyl sites for hydroxylation is 2. The van der Waals surface area contributed by atoms with Crippen molar-refractivity contribution in [3.63, 3.8) is 0 Å². The van der Waals surface area contributed by atoms with Crippen LogP contribution in [-0.4, -0.2) is 62.7 Å². The van der Waals surface area contributed by atoms with Crippen LogP contribution in [0.2, 0.25) is 0 Å². The Morgan fingerprint density at radius 1 is 0.939 bits per heavy atom. The molecule has 7 heteroatoms. The molecule has 1 amide bonds. The van der Waals surface area contributed by atoms with Gasteiger partial charge in [0.1, 0.15) is 0 Å². The van der Waals surface area contributed by atoms with E-state index in [9.17, 15) is 4.79 Å². The Balaban J connectivity index is 1.58. The lowest BCUT2D eigenvalue weighted by molar-refractivity contribution is -0.117. The Kier molecular flexibility index (Phi) is 9.59. The van der Waals surface area contributed by atoms with E-state index in [0.717, 1.165) is 73.6 Å². The minimum absolute atomic E-state index is 0.0710. The van der Waals surface area contributed by atoms with Crippen molar-refractivity contribution in [1.82, 2.24) is 9.80 Å². The second kappa shape index (κ2) is 12.4. The first kappa shape index (κ1) is 25.5. The highest BCUT2D eigenvalue weighted by molar-refractivity contribution is 9.10. The Bertz CT molecular complexity index is 928. The molecule has 1 fully saturated rings. The first-order valence-electron chi connectivity index (χ1n) is 11.7. The van der Waals surface area contributed by atoms with E-state index in [1.54, 1.807) is 14.2 Å². The van der Waals surface area contributed by atoms with Crippen molar-refractivity contribution >= 4 is 27.5 Å². The Morgan fingerprint density at radius 3 is 2.18 bits per heavy atom. The lowest BCUT2D eigenvalue weighted by atomic mass is 10.0. The van der Waals surface area contributed by atoms with Crippen molar-refractivity contribution < 1.29 is 14.3 Å². The van der Waals surface area contributed by atoms with Gasteiger partial charge in [-0.05, 0) is 61.2 Å². The van der Waals surface area contributed by atoms with Crippen LogP contribution in [0.15, 0.2) is 34.8 Å². The Labute approximate surface area is 206 Å². The molecule has 1 heterocycles. The average Bonchev–Trinajstić information content (AvgIpc) is 3.04. The topological polar surface area (TPSA) is 54.0 Å². The minimum Gasteiger partial charge on any atom is -0.493 e. The maximum absolute atomic E-state index is 12.9. The molecule has 0 radical (unpaired) electrons. The van der Waals surface area contributed by atoms with E-state index in [0.29, 0.717) is 6.54 Å². The van der Waals surface area contributed by atoms with Crippen LogP contribution in [0.1, 0.15) is 37.0 Å². The van der Waals surface area contributed by atoms with Crippen molar-refractivity contribution in [3.8, 4) is 11.5 Å². The quantitative estimate of drug-likeness (QED) is 0.520. The number of ether oxygens (including phenoxy) is 2. The molecule has 2 aromatic carbocycles. The van der Waals surface area contributed by atoms with Gasteiger partial charge in [0.05, 0.1) is 20.8 Å². The molecule has 0 aromatic heterocycles. The highest BCUT2D eigenvalue weighted by Crippen LogP contribution is 2.34. The standard InChI is InChI=1S/C26H36BrN3O3/c1-5-19-9-7-10-20(6-2)26(19)28-25(31)18-30-12-8-11-29(13-14-30)17-21-15-23(32-3)24(33-4)16-22(21)27/h7,9-10,15-16H,5-6,8,11-14,17-18H2,1-4H3,(H,28,31). The van der Waals surface area contributed by atoms with Crippen molar-refractivity contribution in [1.29, 1.82) is 0 Å². The molecule has 1 aliphatic heterocycles. The van der Waals surface area contributed by atoms with E-state index in [1.165, 1.54) is 16.7 Å². The van der Waals surface area contributed by atoms with Crippen LogP contribution in [0.4, 0.5) is 5.69 Å². The normalized spacial score (nSPS) is 15.2. The van der Waals surface area contributed by atoms with Gasteiger partial charge >= 0.3 is 0 Å². The number of halogens is 1. The molecule has 0 spiro atoms. The fraction of sp³-hybridized carbons (Fsp3) is 0.500. The van der Waals surface area contributed by atoms with Gasteiger partial charge in [0.2, 0.25) is 5.91 Å². The largest absolute Gasteiger partial charge is 0.493 e. The number of benzene rings is 2. The van der Waals surface area contributed by atoms with Gasteiger partial charge in [-0.25, -0.2) is 0 Å². The summed E-state index contributed by atoms with van der Waals surface area (Å²) in [6, 6.07) is 10.3. The third-order valence-corrected chi connectivity index (χ3v) is 7.00. The average molecular weight is 518 g/mol. The molecule has 0 aliphatic carbocycles. The third-order valence-electron chi connectivity index (χ3n) is 6.26. The van der Waals surface area contributed by atoms with Gasteiger partial charge in [-0.3, -0.25) is 14.6 Å². The highest BCUT2D eigenvalue weighted by atomic mass is 79.9. The monoisotopic (exact) mass is 517 g/mol. The summed E-state index contributed by atoms with van der Waals surface area (Å²) < 4.78 is 11.9. The van der Waals surface area contributed by atoms with E-state index in [2.05, 4.69) is 63.1 Å². The van der Waals surface area contributed by atoms with Crippen molar-refractivity contribution in [3.05, 3.63) is 51.5 Å². The summed E-state index contributed by atoms with van der Waals surface area (Å²) in [5, 5.41) is 3.20. The maximum atomic E-state index is 12.9. The summed E-state index contributed by atoms with van der Waals surface area (Å²) in [5.41, 5.74) is 4.57. The number of nitrogens with zero attached hydrogens (tertiary/aromatic N) is 2. The van der Waals surface area contributed by atoms with Gasteiger partial charge in [-0.2, -0.15) is 0 Å². The highest BCUT2D eigenvalue weighted by Gasteiger charge is 2.20. The molecule has 1 N–H and O–H groups in total. The minimum atomic E-state index is 0.0710. The molecule has 33 heavy (non-hydrogen) atoms. The molecular formula is C26H36BrN3O3. The molecule has 2 aromatic rings. The van der Waals surface area contributed by atoms with E-state index in [-0.39, 0.29) is 5.91 Å². The van der Waals surface area contributed by atoms with Crippen LogP contribution < -0.4 is 14.8 Å². The molecule has 0 atom stereocenters. The van der Waals surface area contributed by atoms with Gasteiger partial charge in [0.25, 0.3) is 0 Å². The molecule has 3 rings (SSSR count). The van der Waals surface area contributed by atoms with Crippen molar-refractivity contribution in [2.45, 2.75) is 39.7 Å². The lowest BCUT2D eigenvalue weighted by Gasteiger charge is -2.23. The second-order valence-corrected chi connectivity index (χ2v) is 9.27. The number of nitrogens with one attached hydrogen (secondary N) is 1. The molecule has 0 saturated carbocycles. The summed E-state index contributed by atoms with van der Waals surface area (Å²) in [5.74, 6) is 1.53. The summed E-state index contributed by atoms with van der Waals surface area (Å²) in [6.45, 7) is 9.22. The molecule has 1 saturated heterocycles. The zero-order chi connectivity index (χ0) is 23.8. The smallest absolute Gasteiger partial charge is 0.238 e. The number of para-hydroxylation sites is 1. The zero-order valence-electron chi connectivity index (χ0n) is 20.2. The van der Waals surface area contributed by atoms with Gasteiger partial charge < -0.3 is 14.8 Å². The number of hydrogen-bond acceptors (Lipinski definition) is 5. The number of hydrogen-bond donors (Lipinski definition) is 1. The van der Waals surface area contributed by atoms with Crippen LogP contribution in [0.25, 0.3) is 0 Å². The molecule has 6 nitrogen and oxygen atoms in total. The van der Waals surface area contributed by atoms with Crippen molar-refractivity contribution in [2.75, 3.05) is 52.3 Å². The van der Waals surface area contributed by atoms with Gasteiger partial charge in [-0.1, -0.05) is 48.0 Å². The van der Waals surface area contributed by atoms with Crippen LogP contribution >= 0.6 is 15.9 Å². The molecule has 0 bridgehead atoms. The number of carbonyl (C=O) groups excluding carboxylic acids is 1. The van der Waals surface area contributed by atoms with E-state index in [1.807, 2.05) is 12.1 Å². The summed E-state index contributed by atoms with van der Waals surface area (Å²) >= 11 is 3.67. The molecule has 180 valence electrons. The van der Waals surface area contributed by atoms with Crippen LogP contribution in [0.3, 0.4) is 0 Å². The number of carbonyl (C=O) groups is 1. The lowest BCUT2D eigenvalue weighted by Crippen LogP contribution is -2.36. The molecule has 1 aliphatic rings. The van der Waals surface area contributed by atoms with Gasteiger partial charge in [0, 0.05) is 29.8 Å². The van der Waals surface area contributed by atoms with E-state index in [4.69, 9.17) is 9.47 Å². The van der Waals surface area contributed by atoms with Crippen LogP contribution in [0.5, 0.6) is 11.5 Å². The summed E-state index contributed by atoms with van der Waals surface area (Å²) in [4.78, 5) is 17.6. The second-order valence-electron chi connectivity index (χ2n) is 8.41. The predicted octanol–water partition coefficient (Wildman–Crippen LogP) is 4.74. The van der Waals surface area contributed by atoms with E-state index < -0.39 is 0 Å². The SMILES string of the molecule is CCc1cccc(CC)c1NC(=O)CN1CCCN(Cc2cc(OC)c(OC)cc2Br)CC1. The predicted molar refractivity (Wildman–Crippen MR) is 137 cm³/mol. The van der Waals surface area contributed by atoms with E-state index >= 15 is 0 Å². The number of amides is 1. The van der Waals surface area contributed by atoms with Crippen molar-refractivity contribution in [2.24, 2.45) is 0 Å². The number of rotatable bonds is 9. The van der Waals surface area contributed by atoms with Crippen LogP contribution in [0, 0.1) is 0 Å². The Hall–Kier alpha value is -2.09. The summed E-state index contributed by atoms with van der Waals surface area (Å²) in [7, 11) is 3.31. The molecule has 0 unspecified atom stereocenters. The fourth-order valence-electron chi connectivity index (χ4n) is 4.38. The first-order chi connectivity index (χ1) is 16.0. The van der Waals surface area contributed by atoms with Gasteiger partial charge in [0.15, 0.2) is 11.5 Å². The van der Waals surface area contributed by atoms with Crippen LogP contribution in [-0.2, 0) is 24.2 Å². The third kappa shape index (κ3) is 6.71. The van der Waals surface area contributed by atoms with Gasteiger partial charge in [-0.15, -0.1) is 0 Å². The Morgan fingerprint density at radius 2 is 1.55 bits per heavy atom. The maximum Gasteiger partial charge on any atom is 0.238 e. The zero-order valence-corrected chi connectivity index (χ0v) is 21.8. The fourth-order valence-corrected chi connectivity index (χ4v) is 4.83. The summed E-state index contributed by atoms with van der Waals surface area (Å²) in [6.07, 6.45) is 2.85. The molecular weight excluding hydrogens is 482 g/mol.